The summed E-state index contributed by atoms with van der Waals surface area (Å²) in [7, 11) is 5.92. The highest BCUT2D eigenvalue weighted by Gasteiger charge is 2.22. The van der Waals surface area contributed by atoms with Gasteiger partial charge in [0.1, 0.15) is 13.2 Å². The number of carbonyl (C=O) groups excluding carboxylic acids is 3. The Hall–Kier alpha value is -5.35. The molecule has 0 aliphatic carbocycles. The first-order valence-corrected chi connectivity index (χ1v) is 36.3. The van der Waals surface area contributed by atoms with Crippen LogP contribution < -0.4 is 5.11 Å². The fourth-order valence-corrected chi connectivity index (χ4v) is 9.50. The molecule has 0 aliphatic rings. The van der Waals surface area contributed by atoms with Gasteiger partial charge < -0.3 is 33.3 Å². The van der Waals surface area contributed by atoms with E-state index in [-0.39, 0.29) is 38.6 Å². The summed E-state index contributed by atoms with van der Waals surface area (Å²) in [4.78, 5) is 37.5. The number of nitrogens with zero attached hydrogens (tertiary/aromatic N) is 1. The number of carboxylic acids is 1. The van der Waals surface area contributed by atoms with Crippen LogP contribution in [-0.2, 0) is 33.3 Å². The van der Waals surface area contributed by atoms with Crippen molar-refractivity contribution in [3.63, 3.8) is 0 Å². The van der Waals surface area contributed by atoms with Crippen molar-refractivity contribution < 1.29 is 42.9 Å². The molecule has 0 aliphatic heterocycles. The molecule has 0 aromatic carbocycles. The van der Waals surface area contributed by atoms with Crippen molar-refractivity contribution in [3.05, 3.63) is 170 Å². The number of hydrogen-bond donors (Lipinski definition) is 0. The molecule has 2 atom stereocenters. The molecule has 0 saturated carbocycles. The van der Waals surface area contributed by atoms with E-state index in [1.165, 1.54) is 103 Å². The lowest BCUT2D eigenvalue weighted by Crippen LogP contribution is -2.44. The molecular formula is C82H133NO8. The molecule has 0 aromatic rings. The van der Waals surface area contributed by atoms with Crippen molar-refractivity contribution in [3.8, 4) is 0 Å². The normalized spacial score (nSPS) is 13.7. The summed E-state index contributed by atoms with van der Waals surface area (Å²) in [6.45, 7) is 4.51. The molecule has 0 aromatic heterocycles. The van der Waals surface area contributed by atoms with Gasteiger partial charge in [-0.15, -0.1) is 0 Å². The molecule has 0 saturated heterocycles. The summed E-state index contributed by atoms with van der Waals surface area (Å²) in [5.74, 6) is -2.30. The number of carbonyl (C=O) groups is 3. The maximum absolute atomic E-state index is 13.0. The Balaban J connectivity index is 4.17. The Labute approximate surface area is 558 Å². The standard InChI is InChI=1S/C82H133NO8/c1-6-8-10-12-14-16-18-20-22-24-26-28-30-32-34-36-37-38-39-40-41-42-43-45-47-49-51-53-55-57-59-61-63-65-67-69-71-73-80(85)91-78(77-90-82(81(86)87)88-75-74-83(3,4)5)76-89-79(84)72-70-68-66-64-62-60-58-56-54-52-50-48-46-44-35-33-31-29-27-25-23-21-19-17-15-13-11-9-7-2/h8-11,14-17,20-23,26-29,32-35,37-38,40-41,43,45,49,51,78,82H,6-7,12-13,18-19,24-25,30-31,36,39,42,44,46-48,50,52-77H2,1-5H3/b10-8-,11-9-,16-14-,17-15-,22-20-,23-21-,28-26-,29-27-,34-32-,35-33-,38-37-,41-40-,45-43-,51-49-. The zero-order chi connectivity index (χ0) is 66.1. The lowest BCUT2D eigenvalue weighted by Gasteiger charge is -2.26. The van der Waals surface area contributed by atoms with E-state index < -0.39 is 24.3 Å². The van der Waals surface area contributed by atoms with Gasteiger partial charge in [-0.3, -0.25) is 9.59 Å². The van der Waals surface area contributed by atoms with Crippen LogP contribution in [0.1, 0.15) is 271 Å². The smallest absolute Gasteiger partial charge is 0.306 e. The first kappa shape index (κ1) is 85.7. The predicted molar refractivity (Wildman–Crippen MR) is 388 cm³/mol. The zero-order valence-electron chi connectivity index (χ0n) is 58.6. The van der Waals surface area contributed by atoms with Gasteiger partial charge in [0.15, 0.2) is 12.4 Å². The van der Waals surface area contributed by atoms with E-state index in [9.17, 15) is 19.5 Å². The Kier molecular flexibility index (Phi) is 66.4. The van der Waals surface area contributed by atoms with Crippen LogP contribution in [0.3, 0.4) is 0 Å². The van der Waals surface area contributed by atoms with E-state index in [1.807, 2.05) is 21.1 Å². The van der Waals surface area contributed by atoms with Crippen LogP contribution in [0.2, 0.25) is 0 Å². The average Bonchev–Trinajstić information content (AvgIpc) is 3.50. The maximum Gasteiger partial charge on any atom is 0.306 e. The third-order valence-corrected chi connectivity index (χ3v) is 15.0. The maximum atomic E-state index is 13.0. The monoisotopic (exact) mass is 1260 g/mol. The van der Waals surface area contributed by atoms with Crippen molar-refractivity contribution in [2.45, 2.75) is 283 Å². The Morgan fingerprint density at radius 2 is 0.593 bits per heavy atom. The van der Waals surface area contributed by atoms with Crippen molar-refractivity contribution in [1.29, 1.82) is 0 Å². The first-order chi connectivity index (χ1) is 44.6. The van der Waals surface area contributed by atoms with Gasteiger partial charge in [0.05, 0.1) is 40.3 Å². The van der Waals surface area contributed by atoms with E-state index in [4.69, 9.17) is 18.9 Å². The highest BCUT2D eigenvalue weighted by atomic mass is 16.7. The second kappa shape index (κ2) is 70.5. The summed E-state index contributed by atoms with van der Waals surface area (Å²) >= 11 is 0. The third kappa shape index (κ3) is 71.9. The predicted octanol–water partition coefficient (Wildman–Crippen LogP) is 21.7. The third-order valence-electron chi connectivity index (χ3n) is 15.0. The van der Waals surface area contributed by atoms with Gasteiger partial charge in [0, 0.05) is 12.8 Å². The highest BCUT2D eigenvalue weighted by Crippen LogP contribution is 2.16. The van der Waals surface area contributed by atoms with Gasteiger partial charge in [0.25, 0.3) is 0 Å². The number of likely N-dealkylation sites (N-methyl/N-ethyl adjacent to an activating group) is 1. The van der Waals surface area contributed by atoms with Gasteiger partial charge in [-0.25, -0.2) is 0 Å². The number of hydrogen-bond acceptors (Lipinski definition) is 8. The Morgan fingerprint density at radius 3 is 0.879 bits per heavy atom. The largest absolute Gasteiger partial charge is 0.545 e. The number of ether oxygens (including phenoxy) is 4. The van der Waals surface area contributed by atoms with Crippen LogP contribution in [0, 0.1) is 0 Å². The number of quaternary nitrogens is 1. The van der Waals surface area contributed by atoms with E-state index >= 15 is 0 Å². The first-order valence-electron chi connectivity index (χ1n) is 36.3. The molecule has 0 bridgehead atoms. The quantitative estimate of drug-likeness (QED) is 0.0195. The van der Waals surface area contributed by atoms with Crippen LogP contribution in [0.15, 0.2) is 170 Å². The lowest BCUT2D eigenvalue weighted by atomic mass is 10.0. The molecule has 0 fully saturated rings. The van der Waals surface area contributed by atoms with E-state index in [1.54, 1.807) is 0 Å². The molecule has 0 heterocycles. The fourth-order valence-electron chi connectivity index (χ4n) is 9.50. The molecule has 0 radical (unpaired) electrons. The number of allylic oxidation sites excluding steroid dienone is 28. The second-order valence-corrected chi connectivity index (χ2v) is 24.8. The molecule has 2 unspecified atom stereocenters. The van der Waals surface area contributed by atoms with Gasteiger partial charge in [-0.1, -0.05) is 300 Å². The summed E-state index contributed by atoms with van der Waals surface area (Å²) in [5.41, 5.74) is 0. The van der Waals surface area contributed by atoms with Crippen LogP contribution in [0.5, 0.6) is 0 Å². The van der Waals surface area contributed by atoms with E-state index in [0.29, 0.717) is 17.4 Å². The van der Waals surface area contributed by atoms with Crippen LogP contribution in [0.25, 0.3) is 0 Å². The molecule has 0 spiro atoms. The number of rotatable bonds is 65. The van der Waals surface area contributed by atoms with Crippen molar-refractivity contribution >= 4 is 17.9 Å². The summed E-state index contributed by atoms with van der Waals surface area (Å²) in [5, 5.41) is 11.8. The Morgan fingerprint density at radius 1 is 0.330 bits per heavy atom. The zero-order valence-corrected chi connectivity index (χ0v) is 58.6. The minimum atomic E-state index is -1.63. The minimum absolute atomic E-state index is 0.138. The molecular weight excluding hydrogens is 1130 g/mol. The number of carboxylic acid groups (broad SMARTS) is 1. The molecule has 9 heteroatoms. The van der Waals surface area contributed by atoms with E-state index in [2.05, 4.69) is 184 Å². The molecule has 0 amide bonds. The molecule has 0 rings (SSSR count). The molecule has 9 nitrogen and oxygen atoms in total. The SMILES string of the molecule is CC/C=C\C/C=C\C/C=C\C/C=C\C/C=C\C/C=C\C/C=C\C/C=C\C/C=C\CCCCCCCCCCCC(=O)OC(COC(=O)CCCCCCCCCCCCCCC/C=C\C/C=C\C/C=C\C/C=C\C/C=C\CC)COC(OCC[N+](C)(C)C)C(=O)[O-]. The van der Waals surface area contributed by atoms with Crippen LogP contribution >= 0.6 is 0 Å². The van der Waals surface area contributed by atoms with Gasteiger partial charge in [-0.2, -0.15) is 0 Å². The summed E-state index contributed by atoms with van der Waals surface area (Å²) < 4.78 is 22.8. The second-order valence-electron chi connectivity index (χ2n) is 24.8. The van der Waals surface area contributed by atoms with Gasteiger partial charge >= 0.3 is 11.9 Å². The van der Waals surface area contributed by atoms with Crippen molar-refractivity contribution in [1.82, 2.24) is 0 Å². The van der Waals surface area contributed by atoms with E-state index in [0.717, 1.165) is 135 Å². The highest BCUT2D eigenvalue weighted by molar-refractivity contribution is 5.70. The minimum Gasteiger partial charge on any atom is -0.545 e. The number of unbranched alkanes of at least 4 members (excludes halogenated alkanes) is 22. The lowest BCUT2D eigenvalue weighted by molar-refractivity contribution is -0.870. The number of aliphatic carboxylic acids is 1. The van der Waals surface area contributed by atoms with Gasteiger partial charge in [0.2, 0.25) is 0 Å². The molecule has 0 N–H and O–H groups in total. The van der Waals surface area contributed by atoms with Crippen molar-refractivity contribution in [2.75, 3.05) is 47.5 Å². The summed E-state index contributed by atoms with van der Waals surface area (Å²) in [6.07, 6.45) is 103. The molecule has 91 heavy (non-hydrogen) atoms. The molecule has 514 valence electrons. The number of esters is 2. The fraction of sp³-hybridized carbons (Fsp3) is 0.622. The average molecular weight is 1260 g/mol. The van der Waals surface area contributed by atoms with Crippen LogP contribution in [-0.4, -0.2) is 82.3 Å². The van der Waals surface area contributed by atoms with Crippen molar-refractivity contribution in [2.24, 2.45) is 0 Å². The van der Waals surface area contributed by atoms with Crippen LogP contribution in [0.4, 0.5) is 0 Å². The topological polar surface area (TPSA) is 111 Å². The van der Waals surface area contributed by atoms with Gasteiger partial charge in [-0.05, 0) is 128 Å². The summed E-state index contributed by atoms with van der Waals surface area (Å²) in [6, 6.07) is 0. The Bertz CT molecular complexity index is 2100.